The van der Waals surface area contributed by atoms with E-state index in [4.69, 9.17) is 4.74 Å². The number of ether oxygens (including phenoxy) is 1. The predicted molar refractivity (Wildman–Crippen MR) is 116 cm³/mol. The summed E-state index contributed by atoms with van der Waals surface area (Å²) in [6.07, 6.45) is -1.02. The van der Waals surface area contributed by atoms with Crippen molar-refractivity contribution in [1.29, 1.82) is 0 Å². The van der Waals surface area contributed by atoms with Crippen LogP contribution in [0, 0.1) is 6.92 Å². The minimum absolute atomic E-state index is 0.0345. The maximum absolute atomic E-state index is 12.6. The number of sulfonamides is 1. The van der Waals surface area contributed by atoms with Crippen LogP contribution in [0.25, 0.3) is 0 Å². The first-order valence-corrected chi connectivity index (χ1v) is 11.1. The predicted octanol–water partition coefficient (Wildman–Crippen LogP) is 3.73. The van der Waals surface area contributed by atoms with E-state index in [1.54, 1.807) is 24.3 Å². The number of rotatable bonds is 7. The molecule has 0 saturated carbocycles. The number of esters is 1. The summed E-state index contributed by atoms with van der Waals surface area (Å²) in [5.41, 5.74) is 2.42. The van der Waals surface area contributed by atoms with Crippen molar-refractivity contribution in [3.8, 4) is 0 Å². The van der Waals surface area contributed by atoms with E-state index in [-0.39, 0.29) is 16.1 Å². The van der Waals surface area contributed by atoms with Gasteiger partial charge in [-0.05, 0) is 37.0 Å². The zero-order chi connectivity index (χ0) is 22.7. The quantitative estimate of drug-likeness (QED) is 0.493. The smallest absolute Gasteiger partial charge is 0.322 e. The Balaban J connectivity index is 2.01. The van der Waals surface area contributed by atoms with Gasteiger partial charge in [-0.25, -0.2) is 8.42 Å². The lowest BCUT2D eigenvalue weighted by Gasteiger charge is -2.20. The SMILES string of the molecule is Cc1ccc(S(=O)(=O)N(C)CC(=O)OC(C)C(=O)c2ccc(C(C)(C)C)cc2)cc1. The molecule has 2 aromatic rings. The van der Waals surface area contributed by atoms with Gasteiger partial charge in [-0.15, -0.1) is 0 Å². The van der Waals surface area contributed by atoms with Crippen LogP contribution in [0.4, 0.5) is 0 Å². The van der Waals surface area contributed by atoms with Crippen molar-refractivity contribution in [2.45, 2.75) is 51.0 Å². The maximum atomic E-state index is 12.6. The van der Waals surface area contributed by atoms with Gasteiger partial charge in [-0.2, -0.15) is 4.31 Å². The molecule has 0 aromatic heterocycles. The number of carbonyl (C=O) groups excluding carboxylic acids is 2. The van der Waals surface area contributed by atoms with Crippen LogP contribution in [-0.2, 0) is 25.0 Å². The van der Waals surface area contributed by atoms with Crippen LogP contribution in [0.1, 0.15) is 49.2 Å². The van der Waals surface area contributed by atoms with Crippen LogP contribution in [0.15, 0.2) is 53.4 Å². The molecule has 0 radical (unpaired) electrons. The van der Waals surface area contributed by atoms with Crippen LogP contribution >= 0.6 is 0 Å². The van der Waals surface area contributed by atoms with Crippen molar-refractivity contribution in [3.63, 3.8) is 0 Å². The highest BCUT2D eigenvalue weighted by Crippen LogP contribution is 2.22. The van der Waals surface area contributed by atoms with Gasteiger partial charge >= 0.3 is 5.97 Å². The Bertz CT molecular complexity index is 1000. The first-order chi connectivity index (χ1) is 13.8. The number of Topliss-reactive ketones (excluding diaryl/α,β-unsaturated/α-hetero) is 1. The van der Waals surface area contributed by atoms with Crippen molar-refractivity contribution in [2.24, 2.45) is 0 Å². The third kappa shape index (κ3) is 5.77. The van der Waals surface area contributed by atoms with Crippen LogP contribution in [-0.4, -0.2) is 44.2 Å². The molecule has 30 heavy (non-hydrogen) atoms. The van der Waals surface area contributed by atoms with Gasteiger partial charge in [0.25, 0.3) is 0 Å². The fraction of sp³-hybridized carbons (Fsp3) is 0.391. The van der Waals surface area contributed by atoms with Gasteiger partial charge in [-0.3, -0.25) is 9.59 Å². The van der Waals surface area contributed by atoms with Crippen LogP contribution < -0.4 is 0 Å². The maximum Gasteiger partial charge on any atom is 0.322 e. The second kappa shape index (κ2) is 9.10. The highest BCUT2D eigenvalue weighted by Gasteiger charge is 2.26. The topological polar surface area (TPSA) is 80.8 Å². The van der Waals surface area contributed by atoms with Crippen LogP contribution in [0.2, 0.25) is 0 Å². The van der Waals surface area contributed by atoms with Crippen molar-refractivity contribution in [3.05, 3.63) is 65.2 Å². The summed E-state index contributed by atoms with van der Waals surface area (Å²) in [6.45, 7) is 9.08. The normalized spacial score (nSPS) is 13.2. The van der Waals surface area contributed by atoms with Gasteiger partial charge in [-0.1, -0.05) is 62.7 Å². The number of hydrogen-bond donors (Lipinski definition) is 0. The number of carbonyl (C=O) groups is 2. The number of aryl methyl sites for hydroxylation is 1. The zero-order valence-electron chi connectivity index (χ0n) is 18.3. The lowest BCUT2D eigenvalue weighted by Crippen LogP contribution is -2.35. The molecule has 0 fully saturated rings. The second-order valence-corrected chi connectivity index (χ2v) is 10.4. The monoisotopic (exact) mass is 431 g/mol. The van der Waals surface area contributed by atoms with Gasteiger partial charge in [0.15, 0.2) is 6.10 Å². The largest absolute Gasteiger partial charge is 0.453 e. The molecule has 0 amide bonds. The van der Waals surface area contributed by atoms with Crippen molar-refractivity contribution in [1.82, 2.24) is 4.31 Å². The van der Waals surface area contributed by atoms with E-state index in [1.165, 1.54) is 26.1 Å². The molecule has 0 aliphatic rings. The summed E-state index contributed by atoms with van der Waals surface area (Å²) < 4.78 is 31.3. The van der Waals surface area contributed by atoms with E-state index >= 15 is 0 Å². The molecule has 2 aromatic carbocycles. The van der Waals surface area contributed by atoms with Crippen molar-refractivity contribution in [2.75, 3.05) is 13.6 Å². The molecule has 2 rings (SSSR count). The molecule has 0 N–H and O–H groups in total. The first-order valence-electron chi connectivity index (χ1n) is 9.69. The number of likely N-dealkylation sites (N-methyl/N-ethyl adjacent to an activating group) is 1. The molecular weight excluding hydrogens is 402 g/mol. The molecule has 0 spiro atoms. The summed E-state index contributed by atoms with van der Waals surface area (Å²) in [5.74, 6) is -1.13. The molecular formula is C23H29NO5S. The fourth-order valence-corrected chi connectivity index (χ4v) is 3.93. The molecule has 0 bridgehead atoms. The van der Waals surface area contributed by atoms with E-state index in [0.717, 1.165) is 15.4 Å². The number of ketones is 1. The Hall–Kier alpha value is -2.51. The van der Waals surface area contributed by atoms with Crippen molar-refractivity contribution >= 4 is 21.8 Å². The first kappa shape index (κ1) is 23.8. The summed E-state index contributed by atoms with van der Waals surface area (Å²) in [6, 6.07) is 13.5. The Kier molecular flexibility index (Phi) is 7.21. The molecule has 0 saturated heterocycles. The Morgan fingerprint density at radius 3 is 2.03 bits per heavy atom. The third-order valence-corrected chi connectivity index (χ3v) is 6.61. The average Bonchev–Trinajstić information content (AvgIpc) is 2.67. The highest BCUT2D eigenvalue weighted by molar-refractivity contribution is 7.89. The average molecular weight is 432 g/mol. The fourth-order valence-electron chi connectivity index (χ4n) is 2.81. The van der Waals surface area contributed by atoms with Gasteiger partial charge < -0.3 is 4.74 Å². The van der Waals surface area contributed by atoms with Crippen LogP contribution in [0.3, 0.4) is 0 Å². The second-order valence-electron chi connectivity index (χ2n) is 8.40. The van der Waals surface area contributed by atoms with Crippen molar-refractivity contribution < 1.29 is 22.7 Å². The highest BCUT2D eigenvalue weighted by atomic mass is 32.2. The van der Waals surface area contributed by atoms with E-state index in [2.05, 4.69) is 20.8 Å². The molecule has 0 aliphatic heterocycles. The zero-order valence-corrected chi connectivity index (χ0v) is 19.1. The van der Waals surface area contributed by atoms with Gasteiger partial charge in [0.1, 0.15) is 6.54 Å². The van der Waals surface area contributed by atoms with E-state index in [1.807, 2.05) is 19.1 Å². The molecule has 6 nitrogen and oxygen atoms in total. The third-order valence-electron chi connectivity index (χ3n) is 4.79. The van der Waals surface area contributed by atoms with E-state index in [9.17, 15) is 18.0 Å². The van der Waals surface area contributed by atoms with Crippen LogP contribution in [0.5, 0.6) is 0 Å². The minimum atomic E-state index is -3.83. The lowest BCUT2D eigenvalue weighted by molar-refractivity contribution is -0.146. The lowest BCUT2D eigenvalue weighted by atomic mass is 9.86. The number of nitrogens with zero attached hydrogens (tertiary/aromatic N) is 1. The standard InChI is InChI=1S/C23H29NO5S/c1-16-7-13-20(14-8-16)30(27,28)24(6)15-21(25)29-17(2)22(26)18-9-11-19(12-10-18)23(3,4)5/h7-14,17H,15H2,1-6H3. The molecule has 162 valence electrons. The van der Waals surface area contributed by atoms with E-state index < -0.39 is 28.6 Å². The molecule has 1 atom stereocenters. The Labute approximate surface area is 178 Å². The Morgan fingerprint density at radius 2 is 1.53 bits per heavy atom. The number of hydrogen-bond acceptors (Lipinski definition) is 5. The summed E-state index contributed by atoms with van der Waals surface area (Å²) in [5, 5.41) is 0. The summed E-state index contributed by atoms with van der Waals surface area (Å²) in [4.78, 5) is 24.9. The van der Waals surface area contributed by atoms with Gasteiger partial charge in [0.05, 0.1) is 4.90 Å². The van der Waals surface area contributed by atoms with Gasteiger partial charge in [0, 0.05) is 12.6 Å². The molecule has 0 aliphatic carbocycles. The minimum Gasteiger partial charge on any atom is -0.453 e. The Morgan fingerprint density at radius 1 is 1.00 bits per heavy atom. The molecule has 0 heterocycles. The van der Waals surface area contributed by atoms with Gasteiger partial charge in [0.2, 0.25) is 15.8 Å². The number of benzene rings is 2. The van der Waals surface area contributed by atoms with E-state index in [0.29, 0.717) is 5.56 Å². The molecule has 1 unspecified atom stereocenters. The summed E-state index contributed by atoms with van der Waals surface area (Å²) in [7, 11) is -2.53. The molecule has 7 heteroatoms. The summed E-state index contributed by atoms with van der Waals surface area (Å²) >= 11 is 0.